The van der Waals surface area contributed by atoms with E-state index in [4.69, 9.17) is 13.6 Å². The van der Waals surface area contributed by atoms with Gasteiger partial charge in [0.1, 0.15) is 70.0 Å². The van der Waals surface area contributed by atoms with Crippen LogP contribution >= 0.6 is 0 Å². The van der Waals surface area contributed by atoms with Crippen molar-refractivity contribution < 1.29 is 40.7 Å². The fourth-order valence-corrected chi connectivity index (χ4v) is 6.17. The van der Waals surface area contributed by atoms with Crippen molar-refractivity contribution in [2.24, 2.45) is 0 Å². The lowest BCUT2D eigenvalue weighted by molar-refractivity contribution is 0.0508. The van der Waals surface area contributed by atoms with Crippen molar-refractivity contribution in [3.8, 4) is 45.3 Å². The van der Waals surface area contributed by atoms with E-state index in [-0.39, 0.29) is 58.2 Å². The first-order valence-corrected chi connectivity index (χ1v) is 17.0. The number of ether oxygens (including phenoxy) is 1. The number of nitrogens with zero attached hydrogens (tertiary/aromatic N) is 12. The van der Waals surface area contributed by atoms with Crippen LogP contribution in [0.1, 0.15) is 35.1 Å². The van der Waals surface area contributed by atoms with Gasteiger partial charge in [-0.1, -0.05) is 0 Å². The minimum atomic E-state index is -0.783. The minimum absolute atomic E-state index is 0.0688. The minimum Gasteiger partial charge on any atom is -0.460 e. The van der Waals surface area contributed by atoms with E-state index < -0.39 is 29.2 Å². The van der Waals surface area contributed by atoms with Gasteiger partial charge in [0.05, 0.1) is 6.61 Å². The second-order valence-electron chi connectivity index (χ2n) is 12.3. The maximum Gasteiger partial charge on any atom is 0.378 e. The Morgan fingerprint density at radius 2 is 1.14 bits per heavy atom. The molecule has 0 amide bonds. The second kappa shape index (κ2) is 13.9. The molecular formula is C37H22F4N12O5. The Kier molecular flexibility index (Phi) is 8.52. The normalized spacial score (nSPS) is 11.5. The number of fused-ring (bicyclic) bond motifs is 4. The highest BCUT2D eigenvalue weighted by Crippen LogP contribution is 2.35. The van der Waals surface area contributed by atoms with Crippen LogP contribution in [-0.2, 0) is 4.74 Å². The van der Waals surface area contributed by atoms with Gasteiger partial charge in [0.25, 0.3) is 5.82 Å². The molecule has 21 heteroatoms. The average Bonchev–Trinajstić information content (AvgIpc) is 4.05. The molecule has 10 aromatic rings. The summed E-state index contributed by atoms with van der Waals surface area (Å²) in [7, 11) is 0. The number of rotatable bonds is 7. The summed E-state index contributed by atoms with van der Waals surface area (Å²) in [5, 5.41) is 24.3. The van der Waals surface area contributed by atoms with Gasteiger partial charge in [-0.15, -0.1) is 20.4 Å². The van der Waals surface area contributed by atoms with E-state index in [1.54, 1.807) is 52.4 Å². The third kappa shape index (κ3) is 5.97. The molecule has 8 heterocycles. The number of benzene rings is 2. The van der Waals surface area contributed by atoms with Crippen LogP contribution in [0.25, 0.3) is 68.3 Å². The Morgan fingerprint density at radius 3 is 1.60 bits per heavy atom. The van der Waals surface area contributed by atoms with E-state index in [2.05, 4.69) is 40.6 Å². The van der Waals surface area contributed by atoms with Crippen LogP contribution in [0.2, 0.25) is 0 Å². The molecular weight excluding hydrogens is 768 g/mol. The van der Waals surface area contributed by atoms with Crippen molar-refractivity contribution in [1.29, 1.82) is 0 Å². The lowest BCUT2D eigenvalue weighted by Gasteiger charge is -2.06. The molecule has 58 heavy (non-hydrogen) atoms. The van der Waals surface area contributed by atoms with Crippen molar-refractivity contribution in [2.75, 3.05) is 6.61 Å². The van der Waals surface area contributed by atoms with Crippen LogP contribution in [0.4, 0.5) is 17.6 Å². The molecule has 0 saturated heterocycles. The van der Waals surface area contributed by atoms with Crippen LogP contribution in [0.3, 0.4) is 0 Å². The summed E-state index contributed by atoms with van der Waals surface area (Å²) in [4.78, 5) is 32.6. The highest BCUT2D eigenvalue weighted by molar-refractivity contribution is 5.91. The average molecular weight is 791 g/mol. The van der Waals surface area contributed by atoms with Gasteiger partial charge < -0.3 is 13.6 Å². The molecule has 17 nitrogen and oxygen atoms in total. The number of oxazole rings is 2. The smallest absolute Gasteiger partial charge is 0.378 e. The molecule has 0 unspecified atom stereocenters. The number of hydrogen-bond acceptors (Lipinski definition) is 13. The van der Waals surface area contributed by atoms with E-state index in [1.807, 2.05) is 0 Å². The van der Waals surface area contributed by atoms with Crippen LogP contribution in [0.5, 0.6) is 0 Å². The van der Waals surface area contributed by atoms with E-state index in [0.717, 1.165) is 24.3 Å². The van der Waals surface area contributed by atoms with Gasteiger partial charge in [-0.05, 0) is 55.5 Å². The molecule has 2 aromatic carbocycles. The highest BCUT2D eigenvalue weighted by atomic mass is 19.1. The fourth-order valence-electron chi connectivity index (χ4n) is 6.17. The van der Waals surface area contributed by atoms with Crippen molar-refractivity contribution in [3.63, 3.8) is 0 Å². The Hall–Kier alpha value is -8.10. The molecule has 0 fully saturated rings. The van der Waals surface area contributed by atoms with Gasteiger partial charge in [-0.2, -0.15) is 29.2 Å². The predicted molar refractivity (Wildman–Crippen MR) is 191 cm³/mol. The van der Waals surface area contributed by atoms with Gasteiger partial charge in [0.15, 0.2) is 17.1 Å². The third-order valence-corrected chi connectivity index (χ3v) is 8.68. The van der Waals surface area contributed by atoms with Gasteiger partial charge in [0.2, 0.25) is 5.82 Å². The first-order chi connectivity index (χ1) is 28.1. The number of carbonyl (C=O) groups excluding carboxylic acids is 2. The second-order valence-corrected chi connectivity index (χ2v) is 12.3. The summed E-state index contributed by atoms with van der Waals surface area (Å²) in [6.07, 6.45) is 6.03. The molecule has 0 atom stereocenters. The zero-order valence-electron chi connectivity index (χ0n) is 29.7. The Balaban J connectivity index is 0.000000151. The number of halogens is 4. The van der Waals surface area contributed by atoms with Crippen LogP contribution < -0.4 is 0 Å². The first kappa shape index (κ1) is 35.6. The molecule has 0 aliphatic carbocycles. The van der Waals surface area contributed by atoms with Gasteiger partial charge in [0, 0.05) is 42.6 Å². The van der Waals surface area contributed by atoms with E-state index in [9.17, 15) is 27.2 Å². The SMILES string of the molecule is CC(=O)c1nnc2ccc(-c3c(-c4ccc(F)cc4F)nc4occn34)nn12.CCOC(=O)c1nnc2ccc(-c3c(-c4ccc(F)cc4F)nc4occn34)nn12. The molecule has 0 N–H and O–H groups in total. The first-order valence-electron chi connectivity index (χ1n) is 17.0. The number of esters is 1. The van der Waals surface area contributed by atoms with E-state index in [0.29, 0.717) is 34.1 Å². The zero-order chi connectivity index (χ0) is 40.2. The van der Waals surface area contributed by atoms with Gasteiger partial charge in [-0.25, -0.2) is 22.4 Å². The van der Waals surface area contributed by atoms with E-state index >= 15 is 0 Å². The largest absolute Gasteiger partial charge is 0.460 e. The molecule has 0 saturated carbocycles. The fraction of sp³-hybridized carbons (Fsp3) is 0.0811. The standard InChI is InChI=1S/C19H12F2N6O3.C18H10F2N6O2/c1-2-29-18(28)17-24-23-14-6-5-13(25-27(14)17)16-15(22-19-26(16)7-8-30-19)11-4-3-10(20)9-12(11)21;1-9(27)17-23-22-14-5-4-13(24-26(14)17)16-15(21-18-25(16)6-7-28-18)11-3-2-10(19)8-12(11)20/h3-9H,2H2,1H3;2-8H,1H3. The molecule has 0 spiro atoms. The molecule has 0 radical (unpaired) electrons. The summed E-state index contributed by atoms with van der Waals surface area (Å²) in [5.41, 5.74) is 2.80. The number of carbonyl (C=O) groups is 2. The summed E-state index contributed by atoms with van der Waals surface area (Å²) in [6.45, 7) is 3.20. The van der Waals surface area contributed by atoms with Crippen LogP contribution in [0.15, 0.2) is 94.4 Å². The quantitative estimate of drug-likeness (QED) is 0.0989. The lowest BCUT2D eigenvalue weighted by atomic mass is 10.1. The lowest BCUT2D eigenvalue weighted by Crippen LogP contribution is -2.11. The number of aromatic nitrogens is 12. The van der Waals surface area contributed by atoms with Crippen LogP contribution in [-0.4, -0.2) is 76.8 Å². The monoisotopic (exact) mass is 790 g/mol. The summed E-state index contributed by atoms with van der Waals surface area (Å²) in [6, 6.07) is 12.9. The highest BCUT2D eigenvalue weighted by Gasteiger charge is 2.25. The number of hydrogen-bond donors (Lipinski definition) is 0. The van der Waals surface area contributed by atoms with Crippen molar-refractivity contribution in [3.05, 3.63) is 121 Å². The predicted octanol–water partition coefficient (Wildman–Crippen LogP) is 6.33. The maximum absolute atomic E-state index is 14.5. The molecule has 10 rings (SSSR count). The molecule has 0 bridgehead atoms. The van der Waals surface area contributed by atoms with Gasteiger partial charge >= 0.3 is 17.7 Å². The third-order valence-electron chi connectivity index (χ3n) is 8.68. The van der Waals surface area contributed by atoms with E-state index in [1.165, 1.54) is 40.6 Å². The molecule has 0 aliphatic heterocycles. The summed E-state index contributed by atoms with van der Waals surface area (Å²) in [5.74, 6) is -3.55. The molecule has 288 valence electrons. The Labute approximate surface area is 319 Å². The Morgan fingerprint density at radius 1 is 0.655 bits per heavy atom. The summed E-state index contributed by atoms with van der Waals surface area (Å²) < 4.78 is 77.0. The molecule has 0 aliphatic rings. The van der Waals surface area contributed by atoms with Gasteiger partial charge in [-0.3, -0.25) is 13.6 Å². The zero-order valence-corrected chi connectivity index (χ0v) is 29.7. The van der Waals surface area contributed by atoms with Crippen molar-refractivity contribution in [2.45, 2.75) is 13.8 Å². The van der Waals surface area contributed by atoms with Crippen molar-refractivity contribution in [1.82, 2.24) is 58.4 Å². The molecule has 8 aromatic heterocycles. The van der Waals surface area contributed by atoms with Crippen molar-refractivity contribution >= 4 is 34.7 Å². The summed E-state index contributed by atoms with van der Waals surface area (Å²) >= 11 is 0. The van der Waals surface area contributed by atoms with Crippen LogP contribution in [0, 0.1) is 23.3 Å². The maximum atomic E-state index is 14.5. The number of ketones is 1. The Bertz CT molecular complexity index is 3230. The number of Topliss-reactive ketones (excluding diaryl/α,β-unsaturated/α-hetero) is 1. The number of imidazole rings is 2. The topological polar surface area (TPSA) is 190 Å².